The van der Waals surface area contributed by atoms with Gasteiger partial charge in [0.05, 0.1) is 33.7 Å². The number of amides is 3. The van der Waals surface area contributed by atoms with Crippen LogP contribution in [-0.2, 0) is 9.53 Å². The second-order valence-electron chi connectivity index (χ2n) is 7.75. The van der Waals surface area contributed by atoms with Gasteiger partial charge >= 0.3 is 12.0 Å². The lowest BCUT2D eigenvalue weighted by molar-refractivity contribution is -0.384. The van der Waals surface area contributed by atoms with E-state index in [1.165, 1.54) is 17.0 Å². The SMILES string of the molecule is CCCN1C(=O)N[C@H](c2ccc(NC(=O)c3ccc([N+](=O)[O-])cc3Cl)cc2)C(C(=O)OCC)=C1C. The number of urea groups is 1. The summed E-state index contributed by atoms with van der Waals surface area (Å²) in [5, 5.41) is 16.4. The van der Waals surface area contributed by atoms with Crippen LogP contribution in [0.1, 0.15) is 49.2 Å². The highest BCUT2D eigenvalue weighted by molar-refractivity contribution is 6.34. The molecule has 0 unspecified atom stereocenters. The number of ether oxygens (including phenoxy) is 1. The van der Waals surface area contributed by atoms with Gasteiger partial charge in [-0.15, -0.1) is 0 Å². The van der Waals surface area contributed by atoms with Crippen molar-refractivity contribution in [3.05, 3.63) is 80.0 Å². The van der Waals surface area contributed by atoms with Crippen molar-refractivity contribution >= 4 is 40.9 Å². The molecule has 2 aromatic carbocycles. The summed E-state index contributed by atoms with van der Waals surface area (Å²) in [6, 6.07) is 9.16. The number of nitrogens with one attached hydrogen (secondary N) is 2. The average molecular weight is 501 g/mol. The summed E-state index contributed by atoms with van der Waals surface area (Å²) in [5.74, 6) is -1.05. The third kappa shape index (κ3) is 5.60. The van der Waals surface area contributed by atoms with Gasteiger partial charge in [-0.3, -0.25) is 19.8 Å². The first-order chi connectivity index (χ1) is 16.7. The number of hydrogen-bond donors (Lipinski definition) is 2. The molecule has 0 spiro atoms. The van der Waals surface area contributed by atoms with Crippen molar-refractivity contribution in [3.8, 4) is 0 Å². The summed E-state index contributed by atoms with van der Waals surface area (Å²) >= 11 is 6.04. The molecule has 1 aliphatic heterocycles. The molecule has 3 rings (SSSR count). The fourth-order valence-corrected chi connectivity index (χ4v) is 4.02. The van der Waals surface area contributed by atoms with Crippen molar-refractivity contribution in [2.45, 2.75) is 33.2 Å². The molecule has 1 heterocycles. The molecule has 2 aromatic rings. The number of hydrogen-bond acceptors (Lipinski definition) is 6. The predicted molar refractivity (Wildman–Crippen MR) is 130 cm³/mol. The quantitative estimate of drug-likeness (QED) is 0.303. The summed E-state index contributed by atoms with van der Waals surface area (Å²) in [5.41, 5.74) is 1.80. The second kappa shape index (κ2) is 11.0. The largest absolute Gasteiger partial charge is 0.463 e. The highest BCUT2D eigenvalue weighted by atomic mass is 35.5. The monoisotopic (exact) mass is 500 g/mol. The summed E-state index contributed by atoms with van der Waals surface area (Å²) < 4.78 is 5.24. The number of nitro groups is 1. The van der Waals surface area contributed by atoms with Crippen molar-refractivity contribution < 1.29 is 24.0 Å². The smallest absolute Gasteiger partial charge is 0.338 e. The summed E-state index contributed by atoms with van der Waals surface area (Å²) in [4.78, 5) is 49.8. The van der Waals surface area contributed by atoms with E-state index in [2.05, 4.69) is 10.6 Å². The summed E-state index contributed by atoms with van der Waals surface area (Å²) in [6.45, 7) is 6.02. The van der Waals surface area contributed by atoms with Crippen molar-refractivity contribution in [2.24, 2.45) is 0 Å². The van der Waals surface area contributed by atoms with Crippen LogP contribution in [0.15, 0.2) is 53.7 Å². The van der Waals surface area contributed by atoms with E-state index in [-0.39, 0.29) is 28.9 Å². The first-order valence-electron chi connectivity index (χ1n) is 11.0. The van der Waals surface area contributed by atoms with Gasteiger partial charge in [0, 0.05) is 30.1 Å². The highest BCUT2D eigenvalue weighted by Crippen LogP contribution is 2.32. The number of esters is 1. The van der Waals surface area contributed by atoms with Gasteiger partial charge in [0.25, 0.3) is 11.6 Å². The molecule has 0 saturated heterocycles. The average Bonchev–Trinajstić information content (AvgIpc) is 2.81. The third-order valence-corrected chi connectivity index (χ3v) is 5.76. The number of benzene rings is 2. The molecular formula is C24H25ClN4O6. The van der Waals surface area contributed by atoms with E-state index in [0.717, 1.165) is 12.5 Å². The Balaban J connectivity index is 1.85. The molecule has 2 N–H and O–H groups in total. The summed E-state index contributed by atoms with van der Waals surface area (Å²) in [6.07, 6.45) is 0.721. The number of halogens is 1. The van der Waals surface area contributed by atoms with Crippen LogP contribution in [0, 0.1) is 10.1 Å². The van der Waals surface area contributed by atoms with Gasteiger partial charge in [-0.2, -0.15) is 0 Å². The van der Waals surface area contributed by atoms with E-state index >= 15 is 0 Å². The van der Waals surface area contributed by atoms with Crippen LogP contribution in [0.25, 0.3) is 0 Å². The second-order valence-corrected chi connectivity index (χ2v) is 8.16. The molecule has 0 fully saturated rings. The van der Waals surface area contributed by atoms with Gasteiger partial charge in [-0.05, 0) is 44.0 Å². The Kier molecular flexibility index (Phi) is 8.08. The van der Waals surface area contributed by atoms with Crippen LogP contribution in [-0.4, -0.2) is 40.9 Å². The first kappa shape index (κ1) is 25.7. The molecule has 11 heteroatoms. The Morgan fingerprint density at radius 2 is 1.89 bits per heavy atom. The Labute approximate surface area is 207 Å². The molecular weight excluding hydrogens is 476 g/mol. The molecule has 35 heavy (non-hydrogen) atoms. The number of rotatable bonds is 8. The third-order valence-electron chi connectivity index (χ3n) is 5.45. The fraction of sp³-hybridized carbons (Fsp3) is 0.292. The molecule has 10 nitrogen and oxygen atoms in total. The molecule has 0 radical (unpaired) electrons. The van der Waals surface area contributed by atoms with E-state index in [4.69, 9.17) is 16.3 Å². The van der Waals surface area contributed by atoms with Gasteiger partial charge in [0.1, 0.15) is 0 Å². The number of allylic oxidation sites excluding steroid dienone is 1. The number of nitro benzene ring substituents is 1. The van der Waals surface area contributed by atoms with Gasteiger partial charge in [-0.1, -0.05) is 30.7 Å². The minimum Gasteiger partial charge on any atom is -0.463 e. The zero-order valence-corrected chi connectivity index (χ0v) is 20.2. The molecule has 184 valence electrons. The van der Waals surface area contributed by atoms with Gasteiger partial charge in [-0.25, -0.2) is 9.59 Å². The molecule has 3 amide bonds. The molecule has 0 bridgehead atoms. The van der Waals surface area contributed by atoms with Crippen LogP contribution < -0.4 is 10.6 Å². The van der Waals surface area contributed by atoms with E-state index in [1.807, 2.05) is 6.92 Å². The minimum absolute atomic E-state index is 0.0467. The zero-order chi connectivity index (χ0) is 25.7. The van der Waals surface area contributed by atoms with Crippen molar-refractivity contribution in [2.75, 3.05) is 18.5 Å². The lowest BCUT2D eigenvalue weighted by Crippen LogP contribution is -2.48. The normalized spacial score (nSPS) is 15.5. The standard InChI is InChI=1S/C24H25ClN4O6/c1-4-12-28-14(3)20(23(31)35-5-2)21(27-24(28)32)15-6-8-16(9-7-15)26-22(30)18-11-10-17(29(33)34)13-19(18)25/h6-11,13,21H,4-5,12H2,1-3H3,(H,26,30)(H,27,32)/t21-/m1/s1. The Morgan fingerprint density at radius 3 is 2.46 bits per heavy atom. The van der Waals surface area contributed by atoms with Crippen molar-refractivity contribution in [3.63, 3.8) is 0 Å². The van der Waals surface area contributed by atoms with Crippen LogP contribution in [0.4, 0.5) is 16.2 Å². The predicted octanol–water partition coefficient (Wildman–Crippen LogP) is 4.81. The Hall–Kier alpha value is -3.92. The van der Waals surface area contributed by atoms with Crippen LogP contribution in [0.2, 0.25) is 5.02 Å². The highest BCUT2D eigenvalue weighted by Gasteiger charge is 2.36. The molecule has 0 aromatic heterocycles. The van der Waals surface area contributed by atoms with E-state index in [1.54, 1.807) is 38.1 Å². The number of carbonyl (C=O) groups excluding carboxylic acids is 3. The minimum atomic E-state index is -0.719. The van der Waals surface area contributed by atoms with Crippen molar-refractivity contribution in [1.82, 2.24) is 10.2 Å². The van der Waals surface area contributed by atoms with E-state index in [9.17, 15) is 24.5 Å². The van der Waals surface area contributed by atoms with Gasteiger partial charge in [0.15, 0.2) is 0 Å². The van der Waals surface area contributed by atoms with Crippen LogP contribution in [0.3, 0.4) is 0 Å². The maximum Gasteiger partial charge on any atom is 0.338 e. The maximum absolute atomic E-state index is 12.7. The Bertz CT molecular complexity index is 1200. The molecule has 0 aliphatic carbocycles. The fourth-order valence-electron chi connectivity index (χ4n) is 3.76. The summed E-state index contributed by atoms with van der Waals surface area (Å²) in [7, 11) is 0. The van der Waals surface area contributed by atoms with Gasteiger partial charge in [0.2, 0.25) is 0 Å². The maximum atomic E-state index is 12.7. The number of anilines is 1. The molecule has 1 aliphatic rings. The number of carbonyl (C=O) groups is 3. The van der Waals surface area contributed by atoms with Crippen molar-refractivity contribution in [1.29, 1.82) is 0 Å². The van der Waals surface area contributed by atoms with Gasteiger partial charge < -0.3 is 15.4 Å². The first-order valence-corrected chi connectivity index (χ1v) is 11.4. The van der Waals surface area contributed by atoms with E-state index < -0.39 is 22.8 Å². The molecule has 0 saturated carbocycles. The number of non-ortho nitro benzene ring substituents is 1. The van der Waals surface area contributed by atoms with Crippen LogP contribution in [0.5, 0.6) is 0 Å². The lowest BCUT2D eigenvalue weighted by atomic mass is 9.94. The topological polar surface area (TPSA) is 131 Å². The van der Waals surface area contributed by atoms with Crippen LogP contribution >= 0.6 is 11.6 Å². The molecule has 1 atom stereocenters. The number of nitrogens with zero attached hydrogens (tertiary/aromatic N) is 2. The zero-order valence-electron chi connectivity index (χ0n) is 19.5. The van der Waals surface area contributed by atoms with E-state index in [0.29, 0.717) is 29.1 Å². The lowest BCUT2D eigenvalue weighted by Gasteiger charge is -2.35. The Morgan fingerprint density at radius 1 is 1.20 bits per heavy atom.